The third-order valence-electron chi connectivity index (χ3n) is 4.87. The maximum Gasteiger partial charge on any atom is 0.253 e. The van der Waals surface area contributed by atoms with Gasteiger partial charge in [-0.1, -0.05) is 12.5 Å². The summed E-state index contributed by atoms with van der Waals surface area (Å²) in [6, 6.07) is 6.77. The molecule has 1 unspecified atom stereocenters. The summed E-state index contributed by atoms with van der Waals surface area (Å²) < 4.78 is 0. The van der Waals surface area contributed by atoms with Crippen molar-refractivity contribution in [3.63, 3.8) is 0 Å². The predicted molar refractivity (Wildman–Crippen MR) is 85.7 cm³/mol. The van der Waals surface area contributed by atoms with Crippen LogP contribution in [-0.4, -0.2) is 36.5 Å². The minimum absolute atomic E-state index is 0.194. The number of rotatable bonds is 4. The van der Waals surface area contributed by atoms with Gasteiger partial charge in [0.1, 0.15) is 0 Å². The van der Waals surface area contributed by atoms with Gasteiger partial charge in [-0.05, 0) is 68.8 Å². The number of aryl methyl sites for hydroxylation is 2. The van der Waals surface area contributed by atoms with Gasteiger partial charge in [0.05, 0.1) is 0 Å². The summed E-state index contributed by atoms with van der Waals surface area (Å²) in [4.78, 5) is 14.7. The van der Waals surface area contributed by atoms with Crippen LogP contribution in [0.3, 0.4) is 0 Å². The SMILES string of the molecule is CCN(CC1CCCCN1)C(=O)c1ccc2c(c1)CCC2. The summed E-state index contributed by atoms with van der Waals surface area (Å²) in [7, 11) is 0. The molecule has 1 heterocycles. The molecule has 21 heavy (non-hydrogen) atoms. The van der Waals surface area contributed by atoms with Gasteiger partial charge in [-0.15, -0.1) is 0 Å². The summed E-state index contributed by atoms with van der Waals surface area (Å²) in [6.07, 6.45) is 7.27. The average molecular weight is 286 g/mol. The van der Waals surface area contributed by atoms with Crippen molar-refractivity contribution in [1.29, 1.82) is 0 Å². The Labute approximate surface area is 127 Å². The fourth-order valence-electron chi connectivity index (χ4n) is 3.59. The number of carbonyl (C=O) groups is 1. The molecule has 0 spiro atoms. The number of piperidine rings is 1. The predicted octanol–water partition coefficient (Wildman–Crippen LogP) is 2.78. The van der Waals surface area contributed by atoms with Crippen molar-refractivity contribution in [2.45, 2.75) is 51.5 Å². The molecule has 3 nitrogen and oxygen atoms in total. The molecule has 114 valence electrons. The van der Waals surface area contributed by atoms with E-state index in [1.165, 1.54) is 43.2 Å². The zero-order valence-corrected chi connectivity index (χ0v) is 13.0. The molecule has 0 saturated carbocycles. The summed E-state index contributed by atoms with van der Waals surface area (Å²) >= 11 is 0. The van der Waals surface area contributed by atoms with E-state index in [0.29, 0.717) is 6.04 Å². The first-order valence-electron chi connectivity index (χ1n) is 8.42. The van der Waals surface area contributed by atoms with Crippen molar-refractivity contribution in [2.75, 3.05) is 19.6 Å². The second-order valence-corrected chi connectivity index (χ2v) is 6.33. The summed E-state index contributed by atoms with van der Waals surface area (Å²) in [5, 5.41) is 3.54. The second-order valence-electron chi connectivity index (χ2n) is 6.33. The Morgan fingerprint density at radius 3 is 2.86 bits per heavy atom. The van der Waals surface area contributed by atoms with Gasteiger partial charge in [0.15, 0.2) is 0 Å². The lowest BCUT2D eigenvalue weighted by molar-refractivity contribution is 0.0741. The molecule has 1 aromatic carbocycles. The van der Waals surface area contributed by atoms with Crippen LogP contribution in [0.4, 0.5) is 0 Å². The number of likely N-dealkylation sites (N-methyl/N-ethyl adjacent to an activating group) is 1. The largest absolute Gasteiger partial charge is 0.337 e. The molecule has 0 bridgehead atoms. The van der Waals surface area contributed by atoms with E-state index in [9.17, 15) is 4.79 Å². The minimum Gasteiger partial charge on any atom is -0.337 e. The molecule has 1 amide bonds. The van der Waals surface area contributed by atoms with E-state index >= 15 is 0 Å². The van der Waals surface area contributed by atoms with Crippen LogP contribution >= 0.6 is 0 Å². The third kappa shape index (κ3) is 3.29. The van der Waals surface area contributed by atoms with Gasteiger partial charge in [0.2, 0.25) is 0 Å². The van der Waals surface area contributed by atoms with Gasteiger partial charge in [0, 0.05) is 24.7 Å². The highest BCUT2D eigenvalue weighted by Gasteiger charge is 2.21. The fraction of sp³-hybridized carbons (Fsp3) is 0.611. The Kier molecular flexibility index (Phi) is 4.59. The number of amides is 1. The van der Waals surface area contributed by atoms with Crippen molar-refractivity contribution < 1.29 is 4.79 Å². The first kappa shape index (κ1) is 14.6. The Morgan fingerprint density at radius 1 is 1.24 bits per heavy atom. The van der Waals surface area contributed by atoms with Crippen molar-refractivity contribution in [3.05, 3.63) is 34.9 Å². The van der Waals surface area contributed by atoms with Gasteiger partial charge in [0.25, 0.3) is 5.91 Å². The van der Waals surface area contributed by atoms with E-state index in [-0.39, 0.29) is 5.91 Å². The molecule has 1 saturated heterocycles. The molecule has 1 atom stereocenters. The van der Waals surface area contributed by atoms with Crippen LogP contribution in [0.15, 0.2) is 18.2 Å². The van der Waals surface area contributed by atoms with E-state index in [2.05, 4.69) is 24.4 Å². The van der Waals surface area contributed by atoms with Crippen LogP contribution in [0, 0.1) is 0 Å². The maximum atomic E-state index is 12.7. The normalized spacial score (nSPS) is 21.1. The van der Waals surface area contributed by atoms with E-state index in [4.69, 9.17) is 0 Å². The van der Waals surface area contributed by atoms with Crippen LogP contribution in [0.5, 0.6) is 0 Å². The highest BCUT2D eigenvalue weighted by Crippen LogP contribution is 2.23. The molecule has 3 heteroatoms. The summed E-state index contributed by atoms with van der Waals surface area (Å²) in [5.41, 5.74) is 3.68. The Balaban J connectivity index is 1.69. The molecule has 3 rings (SSSR count). The molecule has 0 aromatic heterocycles. The molecule has 1 aliphatic carbocycles. The second kappa shape index (κ2) is 6.61. The number of benzene rings is 1. The quantitative estimate of drug-likeness (QED) is 0.923. The van der Waals surface area contributed by atoms with Gasteiger partial charge >= 0.3 is 0 Å². The van der Waals surface area contributed by atoms with Crippen LogP contribution in [-0.2, 0) is 12.8 Å². The fourth-order valence-corrected chi connectivity index (χ4v) is 3.59. The monoisotopic (exact) mass is 286 g/mol. The lowest BCUT2D eigenvalue weighted by Gasteiger charge is -2.30. The number of hydrogen-bond acceptors (Lipinski definition) is 2. The van der Waals surface area contributed by atoms with Gasteiger partial charge in [-0.3, -0.25) is 4.79 Å². The van der Waals surface area contributed by atoms with Crippen LogP contribution in [0.25, 0.3) is 0 Å². The van der Waals surface area contributed by atoms with Crippen molar-refractivity contribution in [3.8, 4) is 0 Å². The average Bonchev–Trinajstić information content (AvgIpc) is 3.00. The molecule has 1 fully saturated rings. The van der Waals surface area contributed by atoms with E-state index < -0.39 is 0 Å². The van der Waals surface area contributed by atoms with Crippen LogP contribution in [0.2, 0.25) is 0 Å². The van der Waals surface area contributed by atoms with Crippen molar-refractivity contribution in [1.82, 2.24) is 10.2 Å². The first-order chi connectivity index (χ1) is 10.3. The van der Waals surface area contributed by atoms with E-state index in [1.54, 1.807) is 0 Å². The zero-order valence-electron chi connectivity index (χ0n) is 13.0. The number of nitrogens with zero attached hydrogens (tertiary/aromatic N) is 1. The summed E-state index contributed by atoms with van der Waals surface area (Å²) in [5.74, 6) is 0.194. The Hall–Kier alpha value is -1.35. The van der Waals surface area contributed by atoms with Gasteiger partial charge in [-0.2, -0.15) is 0 Å². The molecule has 2 aliphatic rings. The van der Waals surface area contributed by atoms with Crippen LogP contribution in [0.1, 0.15) is 54.1 Å². The number of hydrogen-bond donors (Lipinski definition) is 1. The molecule has 1 N–H and O–H groups in total. The topological polar surface area (TPSA) is 32.3 Å². The van der Waals surface area contributed by atoms with Crippen molar-refractivity contribution in [2.24, 2.45) is 0 Å². The number of nitrogens with one attached hydrogen (secondary N) is 1. The number of fused-ring (bicyclic) bond motifs is 1. The zero-order chi connectivity index (χ0) is 14.7. The molecular weight excluding hydrogens is 260 g/mol. The number of carbonyl (C=O) groups excluding carboxylic acids is 1. The lowest BCUT2D eigenvalue weighted by atomic mass is 10.0. The standard InChI is InChI=1S/C18H26N2O/c1-2-20(13-17-8-3-4-11-19-17)18(21)16-10-9-14-6-5-7-15(14)12-16/h9-10,12,17,19H,2-8,11,13H2,1H3. The maximum absolute atomic E-state index is 12.7. The Morgan fingerprint density at radius 2 is 2.10 bits per heavy atom. The molecule has 1 aliphatic heterocycles. The van der Waals surface area contributed by atoms with Gasteiger partial charge < -0.3 is 10.2 Å². The lowest BCUT2D eigenvalue weighted by Crippen LogP contribution is -2.45. The van der Waals surface area contributed by atoms with Gasteiger partial charge in [-0.25, -0.2) is 0 Å². The van der Waals surface area contributed by atoms with E-state index in [1.807, 2.05) is 11.0 Å². The molecular formula is C18H26N2O. The first-order valence-corrected chi connectivity index (χ1v) is 8.42. The highest BCUT2D eigenvalue weighted by molar-refractivity contribution is 5.94. The minimum atomic E-state index is 0.194. The smallest absolute Gasteiger partial charge is 0.253 e. The highest BCUT2D eigenvalue weighted by atomic mass is 16.2. The van der Waals surface area contributed by atoms with Crippen LogP contribution < -0.4 is 5.32 Å². The third-order valence-corrected chi connectivity index (χ3v) is 4.87. The molecule has 0 radical (unpaired) electrons. The summed E-state index contributed by atoms with van der Waals surface area (Å²) in [6.45, 7) is 4.80. The molecule has 1 aromatic rings. The van der Waals surface area contributed by atoms with Crippen molar-refractivity contribution >= 4 is 5.91 Å². The van der Waals surface area contributed by atoms with E-state index in [0.717, 1.165) is 31.6 Å². The Bertz CT molecular complexity index is 506.